The summed E-state index contributed by atoms with van der Waals surface area (Å²) in [5.41, 5.74) is 0.755. The van der Waals surface area contributed by atoms with Gasteiger partial charge in [0.25, 0.3) is 5.91 Å². The molecule has 5 nitrogen and oxygen atoms in total. The van der Waals surface area contributed by atoms with Crippen LogP contribution in [0.3, 0.4) is 0 Å². The van der Waals surface area contributed by atoms with Gasteiger partial charge >= 0.3 is 5.76 Å². The number of sulfone groups is 1. The first kappa shape index (κ1) is 20.3. The number of ketones is 1. The fourth-order valence-electron chi connectivity index (χ4n) is 2.64. The van der Waals surface area contributed by atoms with E-state index in [-0.39, 0.29) is 17.0 Å². The molecular formula is C21H15F2NO4S. The minimum atomic E-state index is -4.88. The zero-order valence-electron chi connectivity index (χ0n) is 14.9. The Morgan fingerprint density at radius 3 is 1.86 bits per heavy atom. The van der Waals surface area contributed by atoms with Crippen LogP contribution in [0.25, 0.3) is 0 Å². The van der Waals surface area contributed by atoms with Gasteiger partial charge in [0, 0.05) is 16.7 Å². The molecule has 0 unspecified atom stereocenters. The lowest BCUT2D eigenvalue weighted by atomic mass is 10.0. The third-order valence-corrected chi connectivity index (χ3v) is 5.56. The van der Waals surface area contributed by atoms with Crippen molar-refractivity contribution in [2.75, 3.05) is 5.32 Å². The van der Waals surface area contributed by atoms with E-state index in [2.05, 4.69) is 5.32 Å². The van der Waals surface area contributed by atoms with E-state index in [0.29, 0.717) is 11.1 Å². The monoisotopic (exact) mass is 415 g/mol. The van der Waals surface area contributed by atoms with Crippen LogP contribution >= 0.6 is 0 Å². The molecule has 0 heterocycles. The summed E-state index contributed by atoms with van der Waals surface area (Å²) >= 11 is 0. The summed E-state index contributed by atoms with van der Waals surface area (Å²) in [5, 5.41) is 2.33. The number of alkyl halides is 2. The zero-order valence-corrected chi connectivity index (χ0v) is 15.7. The maximum absolute atomic E-state index is 12.9. The van der Waals surface area contributed by atoms with Gasteiger partial charge in [-0.05, 0) is 24.3 Å². The van der Waals surface area contributed by atoms with Crippen LogP contribution in [-0.4, -0.2) is 25.9 Å². The lowest BCUT2D eigenvalue weighted by molar-refractivity contribution is 0.102. The van der Waals surface area contributed by atoms with Crippen LogP contribution < -0.4 is 5.32 Å². The van der Waals surface area contributed by atoms with E-state index in [0.717, 1.165) is 6.07 Å². The number of amides is 1. The third kappa shape index (κ3) is 4.38. The Bertz CT molecular complexity index is 1140. The standard InChI is InChI=1S/C21H15F2NO4S/c22-21(23)29(27,28)18-9-5-4-8-17(18)24-20(26)16-12-10-15(11-13-16)19(25)14-6-2-1-3-7-14/h1-13,21H,(H,24,26). The van der Waals surface area contributed by atoms with Crippen molar-refractivity contribution < 1.29 is 26.8 Å². The summed E-state index contributed by atoms with van der Waals surface area (Å²) < 4.78 is 49.3. The second kappa shape index (κ2) is 8.32. The highest BCUT2D eigenvalue weighted by atomic mass is 32.2. The van der Waals surface area contributed by atoms with Gasteiger partial charge in [-0.2, -0.15) is 8.78 Å². The Balaban J connectivity index is 1.82. The van der Waals surface area contributed by atoms with Crippen LogP contribution in [0.5, 0.6) is 0 Å². The second-order valence-electron chi connectivity index (χ2n) is 6.03. The van der Waals surface area contributed by atoms with Gasteiger partial charge in [0.1, 0.15) is 0 Å². The average molecular weight is 415 g/mol. The lowest BCUT2D eigenvalue weighted by Crippen LogP contribution is -2.18. The third-order valence-electron chi connectivity index (χ3n) is 4.12. The number of hydrogen-bond acceptors (Lipinski definition) is 4. The van der Waals surface area contributed by atoms with E-state index in [9.17, 15) is 26.8 Å². The van der Waals surface area contributed by atoms with Crippen LogP contribution in [0.1, 0.15) is 26.3 Å². The molecule has 1 N–H and O–H groups in total. The van der Waals surface area contributed by atoms with Crippen molar-refractivity contribution in [3.05, 3.63) is 95.6 Å². The van der Waals surface area contributed by atoms with Gasteiger partial charge in [-0.25, -0.2) is 8.42 Å². The van der Waals surface area contributed by atoms with Gasteiger partial charge in [-0.1, -0.05) is 54.6 Å². The normalized spacial score (nSPS) is 11.3. The van der Waals surface area contributed by atoms with E-state index in [1.54, 1.807) is 30.3 Å². The first-order chi connectivity index (χ1) is 13.8. The van der Waals surface area contributed by atoms with Crippen molar-refractivity contribution >= 4 is 27.2 Å². The first-order valence-electron chi connectivity index (χ1n) is 8.43. The lowest BCUT2D eigenvalue weighted by Gasteiger charge is -2.11. The average Bonchev–Trinajstić information content (AvgIpc) is 2.74. The number of nitrogens with one attached hydrogen (secondary N) is 1. The van der Waals surface area contributed by atoms with E-state index >= 15 is 0 Å². The predicted octanol–water partition coefficient (Wildman–Crippen LogP) is 4.17. The van der Waals surface area contributed by atoms with Crippen LogP contribution in [0.4, 0.5) is 14.5 Å². The Kier molecular flexibility index (Phi) is 5.84. The number of benzene rings is 3. The molecule has 0 fully saturated rings. The van der Waals surface area contributed by atoms with Crippen LogP contribution in [0.15, 0.2) is 83.8 Å². The van der Waals surface area contributed by atoms with Gasteiger partial charge in [0.2, 0.25) is 9.84 Å². The molecule has 0 aromatic heterocycles. The maximum Gasteiger partial charge on any atom is 0.341 e. The number of hydrogen-bond donors (Lipinski definition) is 1. The predicted molar refractivity (Wildman–Crippen MR) is 104 cm³/mol. The molecule has 3 aromatic carbocycles. The Morgan fingerprint density at radius 2 is 1.24 bits per heavy atom. The summed E-state index contributed by atoms with van der Waals surface area (Å²) in [6.07, 6.45) is 0. The Hall–Kier alpha value is -3.39. The minimum Gasteiger partial charge on any atom is -0.321 e. The van der Waals surface area contributed by atoms with Crippen LogP contribution in [0.2, 0.25) is 0 Å². The molecule has 1 amide bonds. The van der Waals surface area contributed by atoms with E-state index < -0.39 is 26.4 Å². The molecule has 148 valence electrons. The van der Waals surface area contributed by atoms with Crippen molar-refractivity contribution in [1.29, 1.82) is 0 Å². The second-order valence-corrected chi connectivity index (χ2v) is 7.91. The highest BCUT2D eigenvalue weighted by molar-refractivity contribution is 7.91. The topological polar surface area (TPSA) is 80.3 Å². The van der Waals surface area contributed by atoms with Crippen molar-refractivity contribution in [3.8, 4) is 0 Å². The molecule has 0 aliphatic rings. The van der Waals surface area contributed by atoms with Crippen molar-refractivity contribution in [2.24, 2.45) is 0 Å². The quantitative estimate of drug-likeness (QED) is 0.613. The molecule has 0 radical (unpaired) electrons. The van der Waals surface area contributed by atoms with Gasteiger partial charge in [-0.15, -0.1) is 0 Å². The van der Waals surface area contributed by atoms with Crippen molar-refractivity contribution in [1.82, 2.24) is 0 Å². The van der Waals surface area contributed by atoms with Crippen molar-refractivity contribution in [2.45, 2.75) is 10.7 Å². The number of para-hydroxylation sites is 1. The Labute approximate surface area is 165 Å². The summed E-state index contributed by atoms with van der Waals surface area (Å²) in [4.78, 5) is 24.2. The molecule has 8 heteroatoms. The van der Waals surface area contributed by atoms with Gasteiger partial charge < -0.3 is 5.32 Å². The smallest absolute Gasteiger partial charge is 0.321 e. The molecule has 0 saturated heterocycles. The molecule has 3 aromatic rings. The molecule has 0 spiro atoms. The number of carbonyl (C=O) groups excluding carboxylic acids is 2. The van der Waals surface area contributed by atoms with Gasteiger partial charge in [-0.3, -0.25) is 9.59 Å². The largest absolute Gasteiger partial charge is 0.341 e. The Morgan fingerprint density at radius 1 is 0.724 bits per heavy atom. The molecular weight excluding hydrogens is 400 g/mol. The van der Waals surface area contributed by atoms with E-state index in [1.165, 1.54) is 42.5 Å². The number of halogens is 2. The molecule has 3 rings (SSSR count). The maximum atomic E-state index is 12.9. The molecule has 0 bridgehead atoms. The molecule has 0 aliphatic heterocycles. The molecule has 0 atom stereocenters. The first-order valence-corrected chi connectivity index (χ1v) is 9.97. The van der Waals surface area contributed by atoms with Gasteiger partial charge in [0.15, 0.2) is 5.78 Å². The zero-order chi connectivity index (χ0) is 21.0. The van der Waals surface area contributed by atoms with Gasteiger partial charge in [0.05, 0.1) is 10.6 Å². The highest BCUT2D eigenvalue weighted by Crippen LogP contribution is 2.26. The van der Waals surface area contributed by atoms with Crippen molar-refractivity contribution in [3.63, 3.8) is 0 Å². The SMILES string of the molecule is O=C(Nc1ccccc1S(=O)(=O)C(F)F)c1ccc(C(=O)c2ccccc2)cc1. The van der Waals surface area contributed by atoms with E-state index in [4.69, 9.17) is 0 Å². The highest BCUT2D eigenvalue weighted by Gasteiger charge is 2.29. The number of carbonyl (C=O) groups is 2. The molecule has 0 aliphatic carbocycles. The summed E-state index contributed by atoms with van der Waals surface area (Å²) in [6, 6.07) is 19.3. The molecule has 0 saturated carbocycles. The van der Waals surface area contributed by atoms with E-state index in [1.807, 2.05) is 0 Å². The number of rotatable bonds is 6. The summed E-state index contributed by atoms with van der Waals surface area (Å²) in [5.74, 6) is -4.52. The fourth-order valence-corrected chi connectivity index (χ4v) is 3.52. The minimum absolute atomic E-state index is 0.138. The summed E-state index contributed by atoms with van der Waals surface area (Å²) in [6.45, 7) is 0. The van der Waals surface area contributed by atoms with Crippen LogP contribution in [-0.2, 0) is 9.84 Å². The fraction of sp³-hybridized carbons (Fsp3) is 0.0476. The number of anilines is 1. The molecule has 29 heavy (non-hydrogen) atoms. The van der Waals surface area contributed by atoms with Crippen LogP contribution in [0, 0.1) is 0 Å². The summed E-state index contributed by atoms with van der Waals surface area (Å²) in [7, 11) is -4.88.